The molecule has 0 aliphatic heterocycles. The normalized spacial score (nSPS) is 13.6. The molecule has 0 saturated carbocycles. The molecule has 1 aliphatic rings. The van der Waals surface area contributed by atoms with Crippen LogP contribution in [0.3, 0.4) is 0 Å². The van der Waals surface area contributed by atoms with Gasteiger partial charge >= 0.3 is 5.97 Å². The van der Waals surface area contributed by atoms with Crippen molar-refractivity contribution in [3.8, 4) is 11.5 Å². The maximum absolute atomic E-state index is 12.7. The van der Waals surface area contributed by atoms with Crippen LogP contribution in [0.25, 0.3) is 0 Å². The van der Waals surface area contributed by atoms with Crippen molar-refractivity contribution in [2.75, 3.05) is 14.2 Å². The molecule has 27 heavy (non-hydrogen) atoms. The van der Waals surface area contributed by atoms with Gasteiger partial charge in [0, 0.05) is 5.56 Å². The topological polar surface area (TPSA) is 61.8 Å². The maximum Gasteiger partial charge on any atom is 0.339 e. The standard InChI is InChI=1S/C21H21ClO5/c1-12(19(23)15-8-7-13-5-4-6-14(13)9-15)27-21(24)16-10-17(22)20(26-3)18(11-16)25-2/h7-12H,4-6H2,1-3H3/t12-/m1/s1. The minimum absolute atomic E-state index is 0.186. The molecule has 0 bridgehead atoms. The quantitative estimate of drug-likeness (QED) is 0.546. The zero-order valence-electron chi connectivity index (χ0n) is 15.5. The van der Waals surface area contributed by atoms with Crippen molar-refractivity contribution in [1.82, 2.24) is 0 Å². The fraction of sp³-hybridized carbons (Fsp3) is 0.333. The summed E-state index contributed by atoms with van der Waals surface area (Å²) in [5.74, 6) is -0.239. The molecule has 3 rings (SSSR count). The Morgan fingerprint density at radius 3 is 2.44 bits per heavy atom. The summed E-state index contributed by atoms with van der Waals surface area (Å²) in [4.78, 5) is 25.1. The molecule has 5 nitrogen and oxygen atoms in total. The first-order valence-corrected chi connectivity index (χ1v) is 9.11. The number of halogens is 1. The van der Waals surface area contributed by atoms with Crippen LogP contribution in [0.5, 0.6) is 11.5 Å². The molecule has 0 spiro atoms. The third-order valence-corrected chi connectivity index (χ3v) is 4.99. The van der Waals surface area contributed by atoms with Gasteiger partial charge < -0.3 is 14.2 Å². The molecule has 0 fully saturated rings. The Morgan fingerprint density at radius 1 is 1.00 bits per heavy atom. The van der Waals surface area contributed by atoms with Gasteiger partial charge in [-0.3, -0.25) is 4.79 Å². The minimum atomic E-state index is -0.913. The minimum Gasteiger partial charge on any atom is -0.493 e. The number of ether oxygens (including phenoxy) is 3. The Balaban J connectivity index is 1.75. The summed E-state index contributed by atoms with van der Waals surface area (Å²) in [6.45, 7) is 1.57. The highest BCUT2D eigenvalue weighted by Crippen LogP contribution is 2.36. The molecule has 2 aromatic carbocycles. The number of rotatable bonds is 6. The molecule has 0 radical (unpaired) electrons. The molecule has 0 aromatic heterocycles. The van der Waals surface area contributed by atoms with Crippen LogP contribution in [0.4, 0.5) is 0 Å². The Labute approximate surface area is 163 Å². The van der Waals surface area contributed by atoms with E-state index in [0.717, 1.165) is 19.3 Å². The van der Waals surface area contributed by atoms with Crippen LogP contribution in [0.2, 0.25) is 5.02 Å². The zero-order chi connectivity index (χ0) is 19.6. The van der Waals surface area contributed by atoms with Crippen molar-refractivity contribution < 1.29 is 23.8 Å². The molecular formula is C21H21ClO5. The summed E-state index contributed by atoms with van der Waals surface area (Å²) in [5, 5.41) is 0.224. The van der Waals surface area contributed by atoms with E-state index in [1.54, 1.807) is 13.0 Å². The van der Waals surface area contributed by atoms with Gasteiger partial charge in [0.15, 0.2) is 17.6 Å². The number of methoxy groups -OCH3 is 2. The first-order chi connectivity index (χ1) is 12.9. The predicted molar refractivity (Wildman–Crippen MR) is 102 cm³/mol. The van der Waals surface area contributed by atoms with Crippen molar-refractivity contribution in [3.63, 3.8) is 0 Å². The number of esters is 1. The van der Waals surface area contributed by atoms with E-state index < -0.39 is 12.1 Å². The van der Waals surface area contributed by atoms with Gasteiger partial charge in [-0.05, 0) is 55.5 Å². The van der Waals surface area contributed by atoms with Crippen molar-refractivity contribution >= 4 is 23.4 Å². The number of ketones is 1. The molecule has 1 aliphatic carbocycles. The molecular weight excluding hydrogens is 368 g/mol. The third-order valence-electron chi connectivity index (χ3n) is 4.71. The van der Waals surface area contributed by atoms with E-state index in [-0.39, 0.29) is 16.4 Å². The van der Waals surface area contributed by atoms with Gasteiger partial charge in [-0.25, -0.2) is 4.79 Å². The lowest BCUT2D eigenvalue weighted by Gasteiger charge is -2.15. The molecule has 142 valence electrons. The lowest BCUT2D eigenvalue weighted by molar-refractivity contribution is 0.0318. The second-order valence-corrected chi connectivity index (χ2v) is 6.85. The van der Waals surface area contributed by atoms with E-state index in [1.165, 1.54) is 37.5 Å². The van der Waals surface area contributed by atoms with Crippen LogP contribution in [0.1, 0.15) is 45.2 Å². The number of carbonyl (C=O) groups excluding carboxylic acids is 2. The second-order valence-electron chi connectivity index (χ2n) is 6.44. The summed E-state index contributed by atoms with van der Waals surface area (Å²) < 4.78 is 15.7. The third kappa shape index (κ3) is 3.93. The Hall–Kier alpha value is -2.53. The Morgan fingerprint density at radius 2 is 1.74 bits per heavy atom. The largest absolute Gasteiger partial charge is 0.493 e. The maximum atomic E-state index is 12.7. The van der Waals surface area contributed by atoms with Crippen LogP contribution < -0.4 is 9.47 Å². The number of hydrogen-bond acceptors (Lipinski definition) is 5. The first-order valence-electron chi connectivity index (χ1n) is 8.73. The molecule has 2 aromatic rings. The van der Waals surface area contributed by atoms with Gasteiger partial charge in [0.2, 0.25) is 5.78 Å². The van der Waals surface area contributed by atoms with Gasteiger partial charge in [-0.15, -0.1) is 0 Å². The van der Waals surface area contributed by atoms with Crippen LogP contribution in [-0.2, 0) is 17.6 Å². The van der Waals surface area contributed by atoms with Crippen molar-refractivity contribution in [2.45, 2.75) is 32.3 Å². The van der Waals surface area contributed by atoms with E-state index in [9.17, 15) is 9.59 Å². The average molecular weight is 389 g/mol. The number of carbonyl (C=O) groups is 2. The molecule has 0 amide bonds. The second kappa shape index (κ2) is 8.01. The van der Waals surface area contributed by atoms with Crippen LogP contribution >= 0.6 is 11.6 Å². The summed E-state index contributed by atoms with van der Waals surface area (Å²) in [6.07, 6.45) is 2.23. The molecule has 0 N–H and O–H groups in total. The lowest BCUT2D eigenvalue weighted by Crippen LogP contribution is -2.24. The molecule has 0 heterocycles. The summed E-state index contributed by atoms with van der Waals surface area (Å²) in [5.41, 5.74) is 3.23. The van der Waals surface area contributed by atoms with Gasteiger partial charge in [0.1, 0.15) is 0 Å². The van der Waals surface area contributed by atoms with E-state index in [4.69, 9.17) is 25.8 Å². The number of benzene rings is 2. The van der Waals surface area contributed by atoms with Crippen LogP contribution in [0, 0.1) is 0 Å². The highest BCUT2D eigenvalue weighted by atomic mass is 35.5. The number of fused-ring (bicyclic) bond motifs is 1. The smallest absolute Gasteiger partial charge is 0.339 e. The molecule has 0 unspecified atom stereocenters. The summed E-state index contributed by atoms with van der Waals surface area (Å²) >= 11 is 6.13. The predicted octanol–water partition coefficient (Wildman–Crippen LogP) is 4.27. The number of Topliss-reactive ketones (excluding diaryl/α,β-unsaturated/α-hetero) is 1. The van der Waals surface area contributed by atoms with E-state index in [2.05, 4.69) is 0 Å². The number of aryl methyl sites for hydroxylation is 2. The van der Waals surface area contributed by atoms with Gasteiger partial charge in [-0.2, -0.15) is 0 Å². The highest BCUT2D eigenvalue weighted by molar-refractivity contribution is 6.32. The molecule has 1 atom stereocenters. The molecule has 0 saturated heterocycles. The molecule has 6 heteroatoms. The number of hydrogen-bond donors (Lipinski definition) is 0. The first kappa shape index (κ1) is 19.2. The SMILES string of the molecule is COc1cc(C(=O)O[C@H](C)C(=O)c2ccc3c(c2)CCC3)cc(Cl)c1OC. The van der Waals surface area contributed by atoms with Gasteiger partial charge in [-0.1, -0.05) is 23.7 Å². The van der Waals surface area contributed by atoms with E-state index >= 15 is 0 Å². The zero-order valence-corrected chi connectivity index (χ0v) is 16.3. The van der Waals surface area contributed by atoms with Gasteiger partial charge in [0.05, 0.1) is 24.8 Å². The van der Waals surface area contributed by atoms with E-state index in [0.29, 0.717) is 17.1 Å². The van der Waals surface area contributed by atoms with Crippen LogP contribution in [0.15, 0.2) is 30.3 Å². The van der Waals surface area contributed by atoms with Crippen molar-refractivity contribution in [3.05, 3.63) is 57.6 Å². The highest BCUT2D eigenvalue weighted by Gasteiger charge is 2.23. The average Bonchev–Trinajstić information content (AvgIpc) is 3.14. The monoisotopic (exact) mass is 388 g/mol. The summed E-state index contributed by atoms with van der Waals surface area (Å²) in [7, 11) is 2.91. The van der Waals surface area contributed by atoms with Crippen molar-refractivity contribution in [1.29, 1.82) is 0 Å². The lowest BCUT2D eigenvalue weighted by atomic mass is 10.0. The Kier molecular flexibility index (Phi) is 5.71. The van der Waals surface area contributed by atoms with Crippen LogP contribution in [-0.4, -0.2) is 32.1 Å². The fourth-order valence-electron chi connectivity index (χ4n) is 3.28. The fourth-order valence-corrected chi connectivity index (χ4v) is 3.57. The van der Waals surface area contributed by atoms with Gasteiger partial charge in [0.25, 0.3) is 0 Å². The van der Waals surface area contributed by atoms with E-state index in [1.807, 2.05) is 12.1 Å². The van der Waals surface area contributed by atoms with Crippen molar-refractivity contribution in [2.24, 2.45) is 0 Å². The Bertz CT molecular complexity index is 890. The summed E-state index contributed by atoms with van der Waals surface area (Å²) in [6, 6.07) is 8.59.